The van der Waals surface area contributed by atoms with E-state index in [0.717, 1.165) is 16.7 Å². The molecule has 2 aromatic carbocycles. The third-order valence-electron chi connectivity index (χ3n) is 3.60. The van der Waals surface area contributed by atoms with Crippen molar-refractivity contribution in [1.29, 1.82) is 0 Å². The van der Waals surface area contributed by atoms with Gasteiger partial charge in [-0.1, -0.05) is 49.4 Å². The van der Waals surface area contributed by atoms with Gasteiger partial charge in [0.05, 0.1) is 11.7 Å². The summed E-state index contributed by atoms with van der Waals surface area (Å²) in [6.07, 6.45) is 1.84. The number of aromatic nitrogens is 1. The van der Waals surface area contributed by atoms with Crippen molar-refractivity contribution >= 4 is 26.7 Å². The van der Waals surface area contributed by atoms with Gasteiger partial charge in [-0.25, -0.2) is 0 Å². The first-order chi connectivity index (χ1) is 10.3. The van der Waals surface area contributed by atoms with Crippen LogP contribution in [0, 0.1) is 0 Å². The van der Waals surface area contributed by atoms with Crippen LogP contribution in [0.1, 0.15) is 24.2 Å². The molecule has 3 rings (SSSR count). The molecule has 0 saturated heterocycles. The van der Waals surface area contributed by atoms with E-state index in [1.54, 1.807) is 0 Å². The lowest BCUT2D eigenvalue weighted by Gasteiger charge is -2.21. The average Bonchev–Trinajstić information content (AvgIpc) is 2.53. The Bertz CT molecular complexity index is 750. The lowest BCUT2D eigenvalue weighted by atomic mass is 9.96. The van der Waals surface area contributed by atoms with Crippen molar-refractivity contribution in [2.24, 2.45) is 0 Å². The molecule has 106 valence electrons. The van der Waals surface area contributed by atoms with Crippen molar-refractivity contribution in [2.75, 3.05) is 6.54 Å². The second kappa shape index (κ2) is 6.37. The van der Waals surface area contributed by atoms with Crippen molar-refractivity contribution in [2.45, 2.75) is 13.0 Å². The summed E-state index contributed by atoms with van der Waals surface area (Å²) in [5.41, 5.74) is 2.28. The molecule has 1 heterocycles. The minimum Gasteiger partial charge on any atom is -0.305 e. The van der Waals surface area contributed by atoms with E-state index < -0.39 is 0 Å². The molecule has 1 aromatic heterocycles. The van der Waals surface area contributed by atoms with Crippen molar-refractivity contribution in [3.05, 3.63) is 76.5 Å². The quantitative estimate of drug-likeness (QED) is 0.744. The van der Waals surface area contributed by atoms with Crippen molar-refractivity contribution in [1.82, 2.24) is 10.3 Å². The largest absolute Gasteiger partial charge is 0.305 e. The zero-order valence-electron chi connectivity index (χ0n) is 11.9. The van der Waals surface area contributed by atoms with Crippen LogP contribution >= 0.6 is 15.9 Å². The number of hydrogen-bond acceptors (Lipinski definition) is 2. The third-order valence-corrected chi connectivity index (χ3v) is 4.27. The first kappa shape index (κ1) is 14.2. The molecule has 0 bridgehead atoms. The van der Waals surface area contributed by atoms with Crippen LogP contribution in [0.25, 0.3) is 10.8 Å². The molecule has 0 radical (unpaired) electrons. The van der Waals surface area contributed by atoms with Crippen LogP contribution in [-0.2, 0) is 0 Å². The zero-order chi connectivity index (χ0) is 14.7. The number of pyridine rings is 1. The number of hydrogen-bond donors (Lipinski definition) is 1. The molecule has 0 spiro atoms. The highest BCUT2D eigenvalue weighted by molar-refractivity contribution is 9.10. The van der Waals surface area contributed by atoms with E-state index in [-0.39, 0.29) is 6.04 Å². The van der Waals surface area contributed by atoms with Crippen LogP contribution in [-0.4, -0.2) is 11.5 Å². The van der Waals surface area contributed by atoms with E-state index in [1.807, 2.05) is 18.3 Å². The second-order valence-corrected chi connectivity index (χ2v) is 5.78. The molecule has 3 heteroatoms. The maximum Gasteiger partial charge on any atom is 0.0768 e. The molecule has 0 saturated carbocycles. The Morgan fingerprint density at radius 3 is 2.67 bits per heavy atom. The van der Waals surface area contributed by atoms with Crippen LogP contribution in [0.5, 0.6) is 0 Å². The summed E-state index contributed by atoms with van der Waals surface area (Å²) in [6, 6.07) is 19.0. The highest BCUT2D eigenvalue weighted by Crippen LogP contribution is 2.31. The average molecular weight is 341 g/mol. The van der Waals surface area contributed by atoms with Crippen molar-refractivity contribution < 1.29 is 0 Å². The number of nitrogens with one attached hydrogen (secondary N) is 1. The van der Waals surface area contributed by atoms with Gasteiger partial charge >= 0.3 is 0 Å². The minimum atomic E-state index is 0.0803. The van der Waals surface area contributed by atoms with E-state index in [9.17, 15) is 0 Å². The molecule has 2 nitrogen and oxygen atoms in total. The molecule has 0 amide bonds. The van der Waals surface area contributed by atoms with E-state index in [4.69, 9.17) is 0 Å². The number of nitrogens with zero attached hydrogens (tertiary/aromatic N) is 1. The minimum absolute atomic E-state index is 0.0803. The van der Waals surface area contributed by atoms with Gasteiger partial charge in [0.25, 0.3) is 0 Å². The highest BCUT2D eigenvalue weighted by atomic mass is 79.9. The van der Waals surface area contributed by atoms with E-state index in [0.29, 0.717) is 0 Å². The van der Waals surface area contributed by atoms with Gasteiger partial charge in [0.1, 0.15) is 0 Å². The fourth-order valence-corrected chi connectivity index (χ4v) is 3.15. The number of rotatable bonds is 4. The predicted octanol–water partition coefficient (Wildman–Crippen LogP) is 4.70. The molecular formula is C18H17BrN2. The topological polar surface area (TPSA) is 24.9 Å². The summed E-state index contributed by atoms with van der Waals surface area (Å²) < 4.78 is 1.03. The summed E-state index contributed by atoms with van der Waals surface area (Å²) in [5.74, 6) is 0. The third kappa shape index (κ3) is 2.85. The monoisotopic (exact) mass is 340 g/mol. The zero-order valence-corrected chi connectivity index (χ0v) is 13.5. The smallest absolute Gasteiger partial charge is 0.0768 e. The van der Waals surface area contributed by atoms with Gasteiger partial charge in [-0.15, -0.1) is 0 Å². The standard InChI is InChI=1S/C18H17BrN2/c1-2-20-17(18-16(19)11-6-12-21-18)15-10-5-8-13-7-3-4-9-14(13)15/h3-12,17,20H,2H2,1H3. The van der Waals surface area contributed by atoms with Gasteiger partial charge in [-0.3, -0.25) is 4.98 Å². The molecule has 0 aliphatic carbocycles. The van der Waals surface area contributed by atoms with E-state index in [1.165, 1.54) is 16.3 Å². The molecule has 21 heavy (non-hydrogen) atoms. The number of halogens is 1. The fourth-order valence-electron chi connectivity index (χ4n) is 2.67. The summed E-state index contributed by atoms with van der Waals surface area (Å²) in [5, 5.41) is 6.08. The van der Waals surface area contributed by atoms with Crippen LogP contribution in [0.2, 0.25) is 0 Å². The SMILES string of the molecule is CCNC(c1ncccc1Br)c1cccc2ccccc12. The van der Waals surface area contributed by atoms with E-state index >= 15 is 0 Å². The molecule has 0 fully saturated rings. The van der Waals surface area contributed by atoms with Crippen LogP contribution < -0.4 is 5.32 Å². The molecule has 0 aliphatic rings. The summed E-state index contributed by atoms with van der Waals surface area (Å²) in [4.78, 5) is 4.57. The maximum absolute atomic E-state index is 4.57. The predicted molar refractivity (Wildman–Crippen MR) is 91.4 cm³/mol. The highest BCUT2D eigenvalue weighted by Gasteiger charge is 2.18. The maximum atomic E-state index is 4.57. The molecule has 1 atom stereocenters. The fraction of sp³-hybridized carbons (Fsp3) is 0.167. The van der Waals surface area contributed by atoms with Gasteiger partial charge in [-0.05, 0) is 50.9 Å². The number of fused-ring (bicyclic) bond motifs is 1. The first-order valence-corrected chi connectivity index (χ1v) is 7.92. The van der Waals surface area contributed by atoms with Gasteiger partial charge in [0, 0.05) is 10.7 Å². The summed E-state index contributed by atoms with van der Waals surface area (Å²) in [6.45, 7) is 3.01. The molecule has 1 unspecified atom stereocenters. The Hall–Kier alpha value is -1.71. The Morgan fingerprint density at radius 2 is 1.86 bits per heavy atom. The molecule has 3 aromatic rings. The lowest BCUT2D eigenvalue weighted by molar-refractivity contribution is 0.616. The van der Waals surface area contributed by atoms with Crippen LogP contribution in [0.3, 0.4) is 0 Å². The van der Waals surface area contributed by atoms with Gasteiger partial charge in [0.15, 0.2) is 0 Å². The van der Waals surface area contributed by atoms with Crippen LogP contribution in [0.15, 0.2) is 65.3 Å². The Morgan fingerprint density at radius 1 is 1.05 bits per heavy atom. The Labute approximate surface area is 133 Å². The first-order valence-electron chi connectivity index (χ1n) is 7.12. The number of benzene rings is 2. The Kier molecular flexibility index (Phi) is 4.32. The summed E-state index contributed by atoms with van der Waals surface area (Å²) in [7, 11) is 0. The van der Waals surface area contributed by atoms with E-state index in [2.05, 4.69) is 75.6 Å². The van der Waals surface area contributed by atoms with Gasteiger partial charge < -0.3 is 5.32 Å². The molecular weight excluding hydrogens is 324 g/mol. The van der Waals surface area contributed by atoms with Crippen molar-refractivity contribution in [3.63, 3.8) is 0 Å². The molecule has 1 N–H and O–H groups in total. The molecule has 0 aliphatic heterocycles. The normalized spacial score (nSPS) is 12.5. The van der Waals surface area contributed by atoms with Gasteiger partial charge in [-0.2, -0.15) is 0 Å². The lowest BCUT2D eigenvalue weighted by Crippen LogP contribution is -2.23. The van der Waals surface area contributed by atoms with Crippen molar-refractivity contribution in [3.8, 4) is 0 Å². The van der Waals surface area contributed by atoms with Gasteiger partial charge in [0.2, 0.25) is 0 Å². The second-order valence-electron chi connectivity index (χ2n) is 4.93. The summed E-state index contributed by atoms with van der Waals surface area (Å²) >= 11 is 3.63. The Balaban J connectivity index is 2.19. The van der Waals surface area contributed by atoms with Crippen LogP contribution in [0.4, 0.5) is 0 Å².